The molecule has 0 aliphatic carbocycles. The van der Waals surface area contributed by atoms with Gasteiger partial charge in [-0.15, -0.1) is 0 Å². The first-order valence-electron chi connectivity index (χ1n) is 5.64. The highest BCUT2D eigenvalue weighted by atomic mass is 127. The minimum absolute atomic E-state index is 0.117. The van der Waals surface area contributed by atoms with Crippen molar-refractivity contribution >= 4 is 34.2 Å². The molecule has 0 heterocycles. The van der Waals surface area contributed by atoms with Gasteiger partial charge in [-0.05, 0) is 52.9 Å². The van der Waals surface area contributed by atoms with E-state index in [1.807, 2.05) is 22.6 Å². The van der Waals surface area contributed by atoms with E-state index in [-0.39, 0.29) is 17.1 Å². The van der Waals surface area contributed by atoms with Crippen LogP contribution < -0.4 is 10.1 Å². The number of anilines is 1. The zero-order valence-corrected chi connectivity index (χ0v) is 12.6. The van der Waals surface area contributed by atoms with Crippen LogP contribution in [0.15, 0.2) is 36.4 Å². The van der Waals surface area contributed by atoms with Crippen LogP contribution in [0.4, 0.5) is 10.1 Å². The maximum atomic E-state index is 13.0. The van der Waals surface area contributed by atoms with Crippen LogP contribution in [0.2, 0.25) is 0 Å². The van der Waals surface area contributed by atoms with Crippen LogP contribution in [0.1, 0.15) is 10.4 Å². The van der Waals surface area contributed by atoms with E-state index < -0.39 is 5.91 Å². The average Bonchev–Trinajstić information content (AvgIpc) is 2.41. The SMILES string of the molecule is COc1ccc(C(=O)Nc2ccc(F)cc2I)c(O)c1. The Morgan fingerprint density at radius 1 is 1.30 bits per heavy atom. The molecule has 2 aromatic carbocycles. The van der Waals surface area contributed by atoms with Gasteiger partial charge in [-0.1, -0.05) is 0 Å². The fourth-order valence-corrected chi connectivity index (χ4v) is 2.22. The molecule has 4 nitrogen and oxygen atoms in total. The van der Waals surface area contributed by atoms with Crippen molar-refractivity contribution in [3.63, 3.8) is 0 Å². The van der Waals surface area contributed by atoms with Crippen molar-refractivity contribution in [2.24, 2.45) is 0 Å². The summed E-state index contributed by atoms with van der Waals surface area (Å²) in [5.74, 6) is -0.580. The summed E-state index contributed by atoms with van der Waals surface area (Å²) in [6, 6.07) is 8.42. The molecule has 20 heavy (non-hydrogen) atoms. The summed E-state index contributed by atoms with van der Waals surface area (Å²) in [7, 11) is 1.47. The van der Waals surface area contributed by atoms with Gasteiger partial charge in [0.1, 0.15) is 17.3 Å². The number of amides is 1. The van der Waals surface area contributed by atoms with Gasteiger partial charge in [-0.2, -0.15) is 0 Å². The zero-order chi connectivity index (χ0) is 14.7. The summed E-state index contributed by atoms with van der Waals surface area (Å²) in [6.45, 7) is 0. The predicted octanol–water partition coefficient (Wildman–Crippen LogP) is 3.40. The molecule has 2 rings (SSSR count). The predicted molar refractivity (Wildman–Crippen MR) is 81.7 cm³/mol. The lowest BCUT2D eigenvalue weighted by atomic mass is 10.1. The number of nitrogens with one attached hydrogen (secondary N) is 1. The van der Waals surface area contributed by atoms with Crippen LogP contribution in [0.25, 0.3) is 0 Å². The molecule has 2 aromatic rings. The second-order valence-electron chi connectivity index (χ2n) is 3.96. The average molecular weight is 387 g/mol. The summed E-state index contributed by atoms with van der Waals surface area (Å²) in [4.78, 5) is 12.1. The molecule has 0 aliphatic heterocycles. The van der Waals surface area contributed by atoms with Crippen LogP contribution in [0.5, 0.6) is 11.5 Å². The van der Waals surface area contributed by atoms with E-state index in [1.165, 1.54) is 37.4 Å². The molecule has 0 aromatic heterocycles. The van der Waals surface area contributed by atoms with Gasteiger partial charge < -0.3 is 15.2 Å². The number of carbonyl (C=O) groups excluding carboxylic acids is 1. The van der Waals surface area contributed by atoms with E-state index in [9.17, 15) is 14.3 Å². The van der Waals surface area contributed by atoms with E-state index in [4.69, 9.17) is 4.74 Å². The van der Waals surface area contributed by atoms with Crippen molar-refractivity contribution in [1.82, 2.24) is 0 Å². The molecule has 0 bridgehead atoms. The van der Waals surface area contributed by atoms with Crippen molar-refractivity contribution in [3.05, 3.63) is 51.3 Å². The van der Waals surface area contributed by atoms with E-state index in [0.717, 1.165) is 0 Å². The molecule has 0 radical (unpaired) electrons. The van der Waals surface area contributed by atoms with E-state index in [1.54, 1.807) is 6.07 Å². The first kappa shape index (κ1) is 14.6. The van der Waals surface area contributed by atoms with Crippen LogP contribution >= 0.6 is 22.6 Å². The first-order chi connectivity index (χ1) is 9.51. The third-order valence-electron chi connectivity index (χ3n) is 2.63. The molecule has 6 heteroatoms. The monoisotopic (exact) mass is 387 g/mol. The van der Waals surface area contributed by atoms with Crippen LogP contribution in [0.3, 0.4) is 0 Å². The minimum Gasteiger partial charge on any atom is -0.507 e. The van der Waals surface area contributed by atoms with Gasteiger partial charge in [-0.3, -0.25) is 4.79 Å². The van der Waals surface area contributed by atoms with Crippen molar-refractivity contribution in [2.75, 3.05) is 12.4 Å². The van der Waals surface area contributed by atoms with Gasteiger partial charge in [0.25, 0.3) is 5.91 Å². The van der Waals surface area contributed by atoms with Crippen molar-refractivity contribution in [3.8, 4) is 11.5 Å². The second-order valence-corrected chi connectivity index (χ2v) is 5.12. The van der Waals surface area contributed by atoms with Crippen molar-refractivity contribution in [1.29, 1.82) is 0 Å². The maximum absolute atomic E-state index is 13.0. The number of halogens is 2. The molecular formula is C14H11FINO3. The van der Waals surface area contributed by atoms with Gasteiger partial charge >= 0.3 is 0 Å². The highest BCUT2D eigenvalue weighted by Crippen LogP contribution is 2.25. The Morgan fingerprint density at radius 3 is 2.65 bits per heavy atom. The molecule has 2 N–H and O–H groups in total. The van der Waals surface area contributed by atoms with Gasteiger partial charge in [0, 0.05) is 9.64 Å². The maximum Gasteiger partial charge on any atom is 0.259 e. The van der Waals surface area contributed by atoms with Gasteiger partial charge in [0.2, 0.25) is 0 Å². The summed E-state index contributed by atoms with van der Waals surface area (Å²) in [5, 5.41) is 12.4. The number of benzene rings is 2. The molecule has 1 amide bonds. The smallest absolute Gasteiger partial charge is 0.259 e. The Labute approximate surface area is 128 Å². The summed E-state index contributed by atoms with van der Waals surface area (Å²) < 4.78 is 18.5. The number of ether oxygens (including phenoxy) is 1. The van der Waals surface area contributed by atoms with Gasteiger partial charge in [-0.25, -0.2) is 4.39 Å². The fraction of sp³-hybridized carbons (Fsp3) is 0.0714. The van der Waals surface area contributed by atoms with Gasteiger partial charge in [0.05, 0.1) is 18.4 Å². The number of methoxy groups -OCH3 is 1. The number of rotatable bonds is 3. The summed E-state index contributed by atoms with van der Waals surface area (Å²) in [5.41, 5.74) is 0.596. The fourth-order valence-electron chi connectivity index (χ4n) is 1.61. The molecule has 0 fully saturated rings. The Kier molecular flexibility index (Phi) is 4.43. The third kappa shape index (κ3) is 3.19. The molecule has 104 valence electrons. The largest absolute Gasteiger partial charge is 0.507 e. The number of aromatic hydroxyl groups is 1. The van der Waals surface area contributed by atoms with Crippen LogP contribution in [0, 0.1) is 9.39 Å². The van der Waals surface area contributed by atoms with E-state index >= 15 is 0 Å². The lowest BCUT2D eigenvalue weighted by Gasteiger charge is -2.09. The van der Waals surface area contributed by atoms with Crippen molar-refractivity contribution in [2.45, 2.75) is 0 Å². The standard InChI is InChI=1S/C14H11FINO3/c1-20-9-3-4-10(13(18)7-9)14(19)17-12-5-2-8(15)6-11(12)16/h2-7,18H,1H3,(H,17,19). The number of phenolic OH excluding ortho intramolecular Hbond substituents is 1. The van der Waals surface area contributed by atoms with Crippen molar-refractivity contribution < 1.29 is 19.0 Å². The lowest BCUT2D eigenvalue weighted by Crippen LogP contribution is -2.13. The Morgan fingerprint density at radius 2 is 2.05 bits per heavy atom. The second kappa shape index (κ2) is 6.08. The molecular weight excluding hydrogens is 376 g/mol. The quantitative estimate of drug-likeness (QED) is 0.794. The number of hydrogen-bond donors (Lipinski definition) is 2. The van der Waals surface area contributed by atoms with Crippen LogP contribution in [-0.2, 0) is 0 Å². The highest BCUT2D eigenvalue weighted by molar-refractivity contribution is 14.1. The Bertz CT molecular complexity index is 661. The third-order valence-corrected chi connectivity index (χ3v) is 3.52. The van der Waals surface area contributed by atoms with E-state index in [0.29, 0.717) is 15.0 Å². The Balaban J connectivity index is 2.24. The van der Waals surface area contributed by atoms with Gasteiger partial charge in [0.15, 0.2) is 0 Å². The number of hydrogen-bond acceptors (Lipinski definition) is 3. The molecule has 0 aliphatic rings. The topological polar surface area (TPSA) is 58.6 Å². The molecule has 0 spiro atoms. The van der Waals surface area contributed by atoms with Crippen LogP contribution in [-0.4, -0.2) is 18.1 Å². The summed E-state index contributed by atoms with van der Waals surface area (Å²) >= 11 is 1.92. The number of carbonyl (C=O) groups is 1. The molecule has 0 unspecified atom stereocenters. The molecule has 0 saturated carbocycles. The van der Waals surface area contributed by atoms with E-state index in [2.05, 4.69) is 5.32 Å². The lowest BCUT2D eigenvalue weighted by molar-refractivity contribution is 0.102. The number of phenols is 1. The zero-order valence-electron chi connectivity index (χ0n) is 10.5. The highest BCUT2D eigenvalue weighted by Gasteiger charge is 2.13. The molecule has 0 atom stereocenters. The Hall–Kier alpha value is -1.83. The molecule has 0 saturated heterocycles. The first-order valence-corrected chi connectivity index (χ1v) is 6.72. The minimum atomic E-state index is -0.477. The summed E-state index contributed by atoms with van der Waals surface area (Å²) in [6.07, 6.45) is 0. The normalized spacial score (nSPS) is 10.2.